The SMILES string of the molecule is NCCCN1CC(CO)OC(O[C@@H]2[C@@H](O)[C@H](N)C[C@H](N)[C@H]2O[C@H]2O[C@H](CO)[C@@H](O)[C@H](O)[C@H]2N)C1. The maximum Gasteiger partial charge on any atom is 0.176 e. The largest absolute Gasteiger partial charge is 0.394 e. The number of ether oxygens (including phenoxy) is 4. The maximum absolute atomic E-state index is 10.9. The second-order valence-electron chi connectivity index (χ2n) is 9.31. The van der Waals surface area contributed by atoms with Crippen LogP contribution in [0.2, 0.25) is 0 Å². The molecule has 3 rings (SSSR count). The molecule has 0 amide bonds. The predicted octanol–water partition coefficient (Wildman–Crippen LogP) is -5.69. The Hall–Kier alpha value is -0.560. The van der Waals surface area contributed by atoms with Crippen LogP contribution in [0.4, 0.5) is 0 Å². The lowest BCUT2D eigenvalue weighted by Gasteiger charge is -2.48. The number of rotatable bonds is 9. The third-order valence-corrected chi connectivity index (χ3v) is 6.69. The van der Waals surface area contributed by atoms with Gasteiger partial charge in [-0.1, -0.05) is 0 Å². The van der Waals surface area contributed by atoms with E-state index in [2.05, 4.69) is 4.90 Å². The van der Waals surface area contributed by atoms with Gasteiger partial charge in [0.2, 0.25) is 0 Å². The third-order valence-electron chi connectivity index (χ3n) is 6.69. The summed E-state index contributed by atoms with van der Waals surface area (Å²) in [5, 5.41) is 50.3. The molecule has 1 aliphatic carbocycles. The maximum atomic E-state index is 10.9. The van der Waals surface area contributed by atoms with Crippen molar-refractivity contribution in [3.05, 3.63) is 0 Å². The van der Waals surface area contributed by atoms with Crippen LogP contribution >= 0.6 is 0 Å². The van der Waals surface area contributed by atoms with Crippen LogP contribution in [-0.4, -0.2) is 143 Å². The molecule has 2 aliphatic heterocycles. The molecule has 0 aromatic rings. The Labute approximate surface area is 198 Å². The van der Waals surface area contributed by atoms with E-state index < -0.39 is 80.0 Å². The van der Waals surface area contributed by atoms with Gasteiger partial charge in [0.05, 0.1) is 31.5 Å². The topological polar surface area (TPSA) is 245 Å². The molecule has 2 heterocycles. The summed E-state index contributed by atoms with van der Waals surface area (Å²) < 4.78 is 23.5. The first-order chi connectivity index (χ1) is 16.2. The minimum absolute atomic E-state index is 0.210. The van der Waals surface area contributed by atoms with E-state index in [9.17, 15) is 25.5 Å². The quantitative estimate of drug-likeness (QED) is 0.145. The molecule has 0 aromatic heterocycles. The van der Waals surface area contributed by atoms with E-state index in [0.29, 0.717) is 26.2 Å². The fraction of sp³-hybridized carbons (Fsp3) is 1.00. The third kappa shape index (κ3) is 6.41. The van der Waals surface area contributed by atoms with Gasteiger partial charge in [-0.25, -0.2) is 0 Å². The second kappa shape index (κ2) is 12.6. The zero-order valence-corrected chi connectivity index (χ0v) is 19.2. The Balaban J connectivity index is 1.75. The molecule has 14 nitrogen and oxygen atoms in total. The normalized spacial score (nSPS) is 46.5. The van der Waals surface area contributed by atoms with E-state index in [1.165, 1.54) is 0 Å². The van der Waals surface area contributed by atoms with Crippen molar-refractivity contribution in [2.75, 3.05) is 39.4 Å². The van der Waals surface area contributed by atoms with Crippen LogP contribution in [-0.2, 0) is 18.9 Å². The van der Waals surface area contributed by atoms with Crippen LogP contribution in [0.15, 0.2) is 0 Å². The molecule has 0 aromatic carbocycles. The van der Waals surface area contributed by atoms with Crippen LogP contribution in [0.1, 0.15) is 12.8 Å². The zero-order chi connectivity index (χ0) is 25.0. The number of nitrogens with zero attached hydrogens (tertiary/aromatic N) is 1. The van der Waals surface area contributed by atoms with Crippen molar-refractivity contribution in [1.29, 1.82) is 0 Å². The first-order valence-electron chi connectivity index (χ1n) is 11.8. The highest BCUT2D eigenvalue weighted by molar-refractivity contribution is 5.00. The number of aliphatic hydroxyl groups excluding tert-OH is 5. The van der Waals surface area contributed by atoms with Crippen LogP contribution in [0.25, 0.3) is 0 Å². The van der Waals surface area contributed by atoms with E-state index in [0.717, 1.165) is 6.42 Å². The van der Waals surface area contributed by atoms with Crippen LogP contribution in [0.5, 0.6) is 0 Å². The van der Waals surface area contributed by atoms with Gasteiger partial charge < -0.3 is 67.4 Å². The number of hydrogen-bond donors (Lipinski definition) is 9. The summed E-state index contributed by atoms with van der Waals surface area (Å²) in [6, 6.07) is -2.51. The van der Waals surface area contributed by atoms with Crippen molar-refractivity contribution in [1.82, 2.24) is 4.90 Å². The molecule has 1 saturated carbocycles. The van der Waals surface area contributed by atoms with Crippen molar-refractivity contribution >= 4 is 0 Å². The molecule has 14 heteroatoms. The van der Waals surface area contributed by atoms with Gasteiger partial charge in [0, 0.05) is 25.2 Å². The molecule has 13 N–H and O–H groups in total. The smallest absolute Gasteiger partial charge is 0.176 e. The van der Waals surface area contributed by atoms with Crippen molar-refractivity contribution in [2.24, 2.45) is 22.9 Å². The lowest BCUT2D eigenvalue weighted by Crippen LogP contribution is -2.68. The molecule has 34 heavy (non-hydrogen) atoms. The first kappa shape index (κ1) is 28.0. The molecule has 200 valence electrons. The number of morpholine rings is 1. The summed E-state index contributed by atoms with van der Waals surface area (Å²) in [7, 11) is 0. The number of aliphatic hydroxyl groups is 5. The molecule has 0 radical (unpaired) electrons. The summed E-state index contributed by atoms with van der Waals surface area (Å²) in [5.74, 6) is 0. The van der Waals surface area contributed by atoms with Gasteiger partial charge in [-0.15, -0.1) is 0 Å². The van der Waals surface area contributed by atoms with E-state index in [-0.39, 0.29) is 13.0 Å². The molecule has 0 spiro atoms. The van der Waals surface area contributed by atoms with Crippen molar-refractivity contribution in [2.45, 2.75) is 86.3 Å². The summed E-state index contributed by atoms with van der Waals surface area (Å²) >= 11 is 0. The lowest BCUT2D eigenvalue weighted by molar-refractivity contribution is -0.316. The van der Waals surface area contributed by atoms with Gasteiger partial charge in [-0.05, 0) is 25.9 Å². The molecular weight excluding hydrogens is 454 g/mol. The van der Waals surface area contributed by atoms with Crippen molar-refractivity contribution in [3.63, 3.8) is 0 Å². The fourth-order valence-corrected chi connectivity index (χ4v) is 4.71. The highest BCUT2D eigenvalue weighted by atomic mass is 16.7. The van der Waals surface area contributed by atoms with Crippen molar-refractivity contribution in [3.8, 4) is 0 Å². The van der Waals surface area contributed by atoms with Gasteiger partial charge in [0.1, 0.15) is 30.5 Å². The highest BCUT2D eigenvalue weighted by Gasteiger charge is 2.50. The highest BCUT2D eigenvalue weighted by Crippen LogP contribution is 2.30. The molecule has 3 fully saturated rings. The van der Waals surface area contributed by atoms with E-state index in [1.807, 2.05) is 0 Å². The van der Waals surface area contributed by atoms with Crippen molar-refractivity contribution < 1.29 is 44.5 Å². The van der Waals surface area contributed by atoms with Gasteiger partial charge in [-0.2, -0.15) is 0 Å². The zero-order valence-electron chi connectivity index (χ0n) is 19.2. The Morgan fingerprint density at radius 3 is 2.24 bits per heavy atom. The van der Waals surface area contributed by atoms with Gasteiger partial charge in [0.25, 0.3) is 0 Å². The van der Waals surface area contributed by atoms with Crippen LogP contribution in [0, 0.1) is 0 Å². The Kier molecular flexibility index (Phi) is 10.4. The number of nitrogens with two attached hydrogens (primary N) is 4. The monoisotopic (exact) mass is 495 g/mol. The summed E-state index contributed by atoms with van der Waals surface area (Å²) in [6.07, 6.45) is -8.64. The van der Waals surface area contributed by atoms with Gasteiger partial charge in [0.15, 0.2) is 12.6 Å². The predicted molar refractivity (Wildman–Crippen MR) is 118 cm³/mol. The van der Waals surface area contributed by atoms with Gasteiger partial charge >= 0.3 is 0 Å². The van der Waals surface area contributed by atoms with Crippen LogP contribution in [0.3, 0.4) is 0 Å². The Morgan fingerprint density at radius 2 is 1.59 bits per heavy atom. The first-order valence-corrected chi connectivity index (χ1v) is 11.8. The molecular formula is C20H41N5O9. The average Bonchev–Trinajstić information content (AvgIpc) is 2.83. The lowest BCUT2D eigenvalue weighted by atomic mass is 9.84. The second-order valence-corrected chi connectivity index (χ2v) is 9.31. The molecule has 2 saturated heterocycles. The molecule has 12 atom stereocenters. The van der Waals surface area contributed by atoms with E-state index in [1.54, 1.807) is 0 Å². The number of hydrogen-bond acceptors (Lipinski definition) is 14. The Morgan fingerprint density at radius 1 is 0.853 bits per heavy atom. The van der Waals surface area contributed by atoms with Crippen LogP contribution < -0.4 is 22.9 Å². The summed E-state index contributed by atoms with van der Waals surface area (Å²) in [6.45, 7) is 1.31. The summed E-state index contributed by atoms with van der Waals surface area (Å²) in [5.41, 5.74) is 24.0. The minimum atomic E-state index is -1.41. The summed E-state index contributed by atoms with van der Waals surface area (Å²) in [4.78, 5) is 2.05. The Bertz CT molecular complexity index is 623. The van der Waals surface area contributed by atoms with E-state index in [4.69, 9.17) is 41.9 Å². The molecule has 0 bridgehead atoms. The average molecular weight is 496 g/mol. The van der Waals surface area contributed by atoms with Gasteiger partial charge in [-0.3, -0.25) is 4.90 Å². The fourth-order valence-electron chi connectivity index (χ4n) is 4.71. The standard InChI is InChI=1S/C20H41N5O9/c21-2-1-3-25-5-9(7-26)31-13(6-25)33-19-15(28)10(22)4-11(23)18(19)34-20-14(24)17(30)16(29)12(8-27)32-20/h9-20,26-30H,1-8,21-24H2/t9?,10-,11+,12-,13?,14-,15+,16-,17-,18-,19-,20-/m1/s1. The van der Waals surface area contributed by atoms with E-state index >= 15 is 0 Å². The molecule has 3 aliphatic rings. The molecule has 2 unspecified atom stereocenters. The minimum Gasteiger partial charge on any atom is -0.394 e.